The third-order valence-corrected chi connectivity index (χ3v) is 7.46. The molecule has 1 amide bonds. The van der Waals surface area contributed by atoms with E-state index in [0.29, 0.717) is 25.3 Å². The molecule has 0 saturated carbocycles. The van der Waals surface area contributed by atoms with E-state index in [4.69, 9.17) is 4.74 Å². The molecule has 150 valence electrons. The number of halogens is 1. The Morgan fingerprint density at radius 2 is 1.89 bits per heavy atom. The van der Waals surface area contributed by atoms with Crippen LogP contribution in [0.25, 0.3) is 0 Å². The molecule has 3 rings (SSSR count). The SMILES string of the molecule is COc1ccc(F)cc1S(=O)(=O)N1CCC[C@@H](C(=O)N2CCC(C)CC2)C1. The molecular formula is C19H27FN2O4S. The van der Waals surface area contributed by atoms with Crippen molar-refractivity contribution in [3.8, 4) is 5.75 Å². The summed E-state index contributed by atoms with van der Waals surface area (Å²) in [5, 5.41) is 0. The van der Waals surface area contributed by atoms with Crippen LogP contribution in [0.2, 0.25) is 0 Å². The molecule has 2 aliphatic rings. The molecule has 2 aliphatic heterocycles. The van der Waals surface area contributed by atoms with E-state index in [1.807, 2.05) is 4.90 Å². The molecule has 0 spiro atoms. The lowest BCUT2D eigenvalue weighted by molar-refractivity contribution is -0.138. The van der Waals surface area contributed by atoms with Gasteiger partial charge in [-0.25, -0.2) is 12.8 Å². The second kappa shape index (κ2) is 8.14. The summed E-state index contributed by atoms with van der Waals surface area (Å²) in [4.78, 5) is 14.5. The van der Waals surface area contributed by atoms with E-state index >= 15 is 0 Å². The van der Waals surface area contributed by atoms with E-state index in [9.17, 15) is 17.6 Å². The zero-order valence-corrected chi connectivity index (χ0v) is 16.7. The summed E-state index contributed by atoms with van der Waals surface area (Å²) in [5.41, 5.74) is 0. The van der Waals surface area contributed by atoms with Crippen LogP contribution in [0, 0.1) is 17.7 Å². The fourth-order valence-corrected chi connectivity index (χ4v) is 5.53. The number of methoxy groups -OCH3 is 1. The summed E-state index contributed by atoms with van der Waals surface area (Å²) in [6.07, 6.45) is 3.26. The van der Waals surface area contributed by atoms with Gasteiger partial charge in [0.05, 0.1) is 13.0 Å². The lowest BCUT2D eigenvalue weighted by Crippen LogP contribution is -2.48. The van der Waals surface area contributed by atoms with Crippen molar-refractivity contribution < 1.29 is 22.3 Å². The van der Waals surface area contributed by atoms with Gasteiger partial charge in [0.1, 0.15) is 16.5 Å². The van der Waals surface area contributed by atoms with Crippen LogP contribution < -0.4 is 4.74 Å². The fraction of sp³-hybridized carbons (Fsp3) is 0.632. The van der Waals surface area contributed by atoms with Crippen molar-refractivity contribution in [2.45, 2.75) is 37.5 Å². The molecule has 2 saturated heterocycles. The van der Waals surface area contributed by atoms with Crippen molar-refractivity contribution in [3.63, 3.8) is 0 Å². The average molecular weight is 399 g/mol. The first-order valence-corrected chi connectivity index (χ1v) is 10.9. The van der Waals surface area contributed by atoms with Crippen molar-refractivity contribution in [1.82, 2.24) is 9.21 Å². The van der Waals surface area contributed by atoms with Crippen molar-refractivity contribution in [1.29, 1.82) is 0 Å². The molecule has 1 aromatic carbocycles. The van der Waals surface area contributed by atoms with Gasteiger partial charge in [-0.3, -0.25) is 4.79 Å². The van der Waals surface area contributed by atoms with Crippen molar-refractivity contribution >= 4 is 15.9 Å². The molecular weight excluding hydrogens is 371 g/mol. The number of sulfonamides is 1. The molecule has 0 N–H and O–H groups in total. The highest BCUT2D eigenvalue weighted by atomic mass is 32.2. The van der Waals surface area contributed by atoms with Crippen LogP contribution in [0.5, 0.6) is 5.75 Å². The Morgan fingerprint density at radius 3 is 2.56 bits per heavy atom. The number of rotatable bonds is 4. The van der Waals surface area contributed by atoms with Gasteiger partial charge in [-0.05, 0) is 49.8 Å². The molecule has 2 fully saturated rings. The highest BCUT2D eigenvalue weighted by Crippen LogP contribution is 2.31. The first-order chi connectivity index (χ1) is 12.8. The molecule has 8 heteroatoms. The maximum atomic E-state index is 13.7. The predicted octanol–water partition coefficient (Wildman–Crippen LogP) is 2.49. The van der Waals surface area contributed by atoms with Gasteiger partial charge in [0, 0.05) is 26.2 Å². The topological polar surface area (TPSA) is 66.9 Å². The van der Waals surface area contributed by atoms with E-state index in [2.05, 4.69) is 6.92 Å². The zero-order chi connectivity index (χ0) is 19.6. The van der Waals surface area contributed by atoms with Gasteiger partial charge < -0.3 is 9.64 Å². The maximum Gasteiger partial charge on any atom is 0.246 e. The standard InChI is InChI=1S/C19H27FN2O4S/c1-14-7-10-21(11-8-14)19(23)15-4-3-9-22(13-15)27(24,25)18-12-16(20)5-6-17(18)26-2/h5-6,12,14-15H,3-4,7-11,13H2,1-2H3/t15-/m1/s1. The van der Waals surface area contributed by atoms with Crippen molar-refractivity contribution in [3.05, 3.63) is 24.0 Å². The van der Waals surface area contributed by atoms with Crippen molar-refractivity contribution in [2.75, 3.05) is 33.3 Å². The predicted molar refractivity (Wildman–Crippen MR) is 99.4 cm³/mol. The summed E-state index contributed by atoms with van der Waals surface area (Å²) in [7, 11) is -2.58. The molecule has 0 aromatic heterocycles. The summed E-state index contributed by atoms with van der Waals surface area (Å²) in [6.45, 7) is 4.11. The Bertz CT molecular complexity index is 791. The lowest BCUT2D eigenvalue weighted by Gasteiger charge is -2.37. The first kappa shape index (κ1) is 20.1. The maximum absolute atomic E-state index is 13.7. The molecule has 1 aromatic rings. The van der Waals surface area contributed by atoms with Gasteiger partial charge >= 0.3 is 0 Å². The van der Waals surface area contributed by atoms with Gasteiger partial charge in [0.25, 0.3) is 0 Å². The number of carbonyl (C=O) groups is 1. The fourth-order valence-electron chi connectivity index (χ4n) is 3.84. The van der Waals surface area contributed by atoms with Gasteiger partial charge in [-0.15, -0.1) is 0 Å². The smallest absolute Gasteiger partial charge is 0.246 e. The Labute approximate surface area is 160 Å². The summed E-state index contributed by atoms with van der Waals surface area (Å²) < 4.78 is 46.2. The van der Waals surface area contributed by atoms with Crippen LogP contribution in [0.1, 0.15) is 32.6 Å². The number of piperidine rings is 2. The van der Waals surface area contributed by atoms with E-state index in [1.54, 1.807) is 0 Å². The summed E-state index contributed by atoms with van der Waals surface area (Å²) in [6, 6.07) is 3.45. The van der Waals surface area contributed by atoms with Crippen LogP contribution >= 0.6 is 0 Å². The number of hydrogen-bond donors (Lipinski definition) is 0. The molecule has 27 heavy (non-hydrogen) atoms. The highest BCUT2D eigenvalue weighted by molar-refractivity contribution is 7.89. The number of benzene rings is 1. The quantitative estimate of drug-likeness (QED) is 0.782. The second-order valence-electron chi connectivity index (χ2n) is 7.51. The van der Waals surface area contributed by atoms with Gasteiger partial charge in [0.15, 0.2) is 0 Å². The second-order valence-corrected chi connectivity index (χ2v) is 9.41. The lowest BCUT2D eigenvalue weighted by atomic mass is 9.94. The molecule has 1 atom stereocenters. The minimum absolute atomic E-state index is 0.0352. The minimum atomic E-state index is -3.94. The van der Waals surface area contributed by atoms with E-state index in [0.717, 1.165) is 38.1 Å². The Hall–Kier alpha value is -1.67. The van der Waals surface area contributed by atoms with Crippen LogP contribution in [-0.2, 0) is 14.8 Å². The normalized spacial score (nSPS) is 22.6. The monoisotopic (exact) mass is 398 g/mol. The minimum Gasteiger partial charge on any atom is -0.495 e. The van der Waals surface area contributed by atoms with E-state index < -0.39 is 15.8 Å². The van der Waals surface area contributed by atoms with Crippen LogP contribution in [-0.4, -0.2) is 56.8 Å². The summed E-state index contributed by atoms with van der Waals surface area (Å²) in [5.74, 6) is -0.219. The van der Waals surface area contributed by atoms with Gasteiger partial charge in [0.2, 0.25) is 15.9 Å². The third-order valence-electron chi connectivity index (χ3n) is 5.57. The number of nitrogens with zero attached hydrogens (tertiary/aromatic N) is 2. The molecule has 6 nitrogen and oxygen atoms in total. The Morgan fingerprint density at radius 1 is 1.19 bits per heavy atom. The van der Waals surface area contributed by atoms with Gasteiger partial charge in [-0.1, -0.05) is 6.92 Å². The molecule has 0 unspecified atom stereocenters. The summed E-state index contributed by atoms with van der Waals surface area (Å²) >= 11 is 0. The van der Waals surface area contributed by atoms with Gasteiger partial charge in [-0.2, -0.15) is 4.31 Å². The van der Waals surface area contributed by atoms with E-state index in [-0.39, 0.29) is 29.0 Å². The molecule has 2 heterocycles. The molecule has 0 bridgehead atoms. The number of amides is 1. The number of hydrogen-bond acceptors (Lipinski definition) is 4. The van der Waals surface area contributed by atoms with Crippen LogP contribution in [0.3, 0.4) is 0 Å². The molecule has 0 radical (unpaired) electrons. The highest BCUT2D eigenvalue weighted by Gasteiger charge is 2.37. The molecule has 0 aliphatic carbocycles. The Balaban J connectivity index is 1.77. The average Bonchev–Trinajstić information content (AvgIpc) is 2.68. The van der Waals surface area contributed by atoms with Crippen molar-refractivity contribution in [2.24, 2.45) is 11.8 Å². The number of carbonyl (C=O) groups excluding carboxylic acids is 1. The zero-order valence-electron chi connectivity index (χ0n) is 15.9. The van der Waals surface area contributed by atoms with E-state index in [1.165, 1.54) is 17.5 Å². The number of likely N-dealkylation sites (tertiary alicyclic amines) is 1. The largest absolute Gasteiger partial charge is 0.495 e. The first-order valence-electron chi connectivity index (χ1n) is 9.45. The Kier molecular flexibility index (Phi) is 6.05. The third kappa shape index (κ3) is 4.27. The van der Waals surface area contributed by atoms with Crippen LogP contribution in [0.4, 0.5) is 4.39 Å². The van der Waals surface area contributed by atoms with Crippen LogP contribution in [0.15, 0.2) is 23.1 Å². The number of ether oxygens (including phenoxy) is 1.